The van der Waals surface area contributed by atoms with Crippen molar-refractivity contribution in [3.05, 3.63) is 0 Å². The molecule has 0 aromatic rings. The Kier molecular flexibility index (Phi) is 354. The van der Waals surface area contributed by atoms with Crippen molar-refractivity contribution in [2.24, 2.45) is 0 Å². The zero-order chi connectivity index (χ0) is 44.3. The van der Waals surface area contributed by atoms with E-state index in [9.17, 15) is 19.2 Å². The summed E-state index contributed by atoms with van der Waals surface area (Å²) >= 11 is 0. The minimum Gasteiger partial charge on any atom is -0.453 e. The Morgan fingerprint density at radius 3 is 0.963 bits per heavy atom. The third-order valence-corrected chi connectivity index (χ3v) is 1.61. The molecule has 320 valence electrons. The van der Waals surface area contributed by atoms with Crippen molar-refractivity contribution in [2.45, 2.75) is 160 Å². The Balaban J connectivity index is -0.0000000220. The summed E-state index contributed by atoms with van der Waals surface area (Å²) in [6.07, 6.45) is 11.4. The van der Waals surface area contributed by atoms with Gasteiger partial charge in [0.2, 0.25) is 5.91 Å². The lowest BCUT2D eigenvalue weighted by molar-refractivity contribution is -0.139. The smallest absolute Gasteiger partial charge is 0.303 e. The molecule has 0 saturated heterocycles. The molecular weight excluding hydrogens is 682 g/mol. The molecule has 9 nitrogen and oxygen atoms in total. The predicted molar refractivity (Wildman–Crippen MR) is 241 cm³/mol. The zero-order valence-corrected chi connectivity index (χ0v) is 36.5. The van der Waals surface area contributed by atoms with Gasteiger partial charge in [0, 0.05) is 35.1 Å². The zero-order valence-electron chi connectivity index (χ0n) is 36.5. The van der Waals surface area contributed by atoms with Gasteiger partial charge < -0.3 is 29.2 Å². The molecule has 0 heterocycles. The Bertz CT molecular complexity index is 992. The monoisotopic (exact) mass is 770 g/mol. The van der Waals surface area contributed by atoms with Gasteiger partial charge in [-0.1, -0.05) is 111 Å². The molecule has 1 N–H and O–H groups in total. The van der Waals surface area contributed by atoms with E-state index in [2.05, 4.69) is 74.0 Å². The molecule has 0 spiro atoms. The summed E-state index contributed by atoms with van der Waals surface area (Å²) in [6.45, 7) is 34.3. The average molecular weight is 770 g/mol. The molecule has 0 aromatic carbocycles. The molecule has 0 radical (unpaired) electrons. The normalized spacial score (nSPS) is 4.81. The van der Waals surface area contributed by atoms with Crippen LogP contribution in [0.4, 0.5) is 0 Å². The van der Waals surface area contributed by atoms with Crippen LogP contribution < -0.4 is 5.32 Å². The number of hydrogen-bond donors (Lipinski definition) is 1. The number of aldehydes is 2. The summed E-state index contributed by atoms with van der Waals surface area (Å²) in [5, 5.41) is 2.39. The van der Waals surface area contributed by atoms with Crippen molar-refractivity contribution in [2.75, 3.05) is 27.9 Å². The number of amides is 1. The molecule has 0 bridgehead atoms. The van der Waals surface area contributed by atoms with Gasteiger partial charge >= 0.3 is 5.97 Å². The first-order chi connectivity index (χ1) is 24.3. The number of Topliss-reactive ketones (excluding diaryl/α,β-unsaturated/α-hetero) is 2. The SMILES string of the molecule is C.C.C.C#CC#CC#CCC(C)=O.C#CC#CC#CCOC(C)=O.CC.CC.CC.CC.CC.CC.CC(C)=O.CC=O.CC=O.CNC(C)=O.COC. The van der Waals surface area contributed by atoms with E-state index in [0.717, 1.165) is 12.6 Å². The Labute approximate surface area is 339 Å². The van der Waals surface area contributed by atoms with Gasteiger partial charge in [-0.2, -0.15) is 0 Å². The number of methoxy groups -OCH3 is 1. The highest BCUT2D eigenvalue weighted by atomic mass is 16.5. The minimum atomic E-state index is -0.357. The Morgan fingerprint density at radius 2 is 0.796 bits per heavy atom. The number of rotatable bonds is 2. The number of ether oxygens (including phenoxy) is 2. The fourth-order valence-corrected chi connectivity index (χ4v) is 0.566. The topological polar surface area (TPSA) is 133 Å². The number of carbonyl (C=O) groups excluding carboxylic acids is 6. The van der Waals surface area contributed by atoms with Gasteiger partial charge in [-0.3, -0.25) is 14.4 Å². The highest BCUT2D eigenvalue weighted by molar-refractivity contribution is 5.78. The maximum absolute atomic E-state index is 10.3. The molecule has 0 aliphatic heterocycles. The quantitative estimate of drug-likeness (QED) is 0.167. The van der Waals surface area contributed by atoms with E-state index in [-0.39, 0.29) is 58.8 Å². The molecule has 0 saturated carbocycles. The van der Waals surface area contributed by atoms with Crippen molar-refractivity contribution < 1.29 is 38.2 Å². The van der Waals surface area contributed by atoms with E-state index in [1.54, 1.807) is 21.3 Å². The van der Waals surface area contributed by atoms with Crippen molar-refractivity contribution in [3.8, 4) is 72.1 Å². The van der Waals surface area contributed by atoms with Crippen LogP contribution in [0.3, 0.4) is 0 Å². The number of carbonyl (C=O) groups is 6. The summed E-state index contributed by atoms with van der Waals surface area (Å²) < 4.78 is 8.74. The first-order valence-electron chi connectivity index (χ1n) is 16.6. The molecule has 0 aromatic heterocycles. The molecule has 9 heteroatoms. The van der Waals surface area contributed by atoms with Crippen molar-refractivity contribution in [1.82, 2.24) is 5.32 Å². The second-order valence-corrected chi connectivity index (χ2v) is 5.65. The van der Waals surface area contributed by atoms with Gasteiger partial charge in [-0.15, -0.1) is 12.8 Å². The van der Waals surface area contributed by atoms with Gasteiger partial charge in [0.25, 0.3) is 0 Å². The number of terminal acetylenes is 2. The lowest BCUT2D eigenvalue weighted by atomic mass is 10.3. The first-order valence-corrected chi connectivity index (χ1v) is 16.6. The molecular formula is C45H87NO8. The van der Waals surface area contributed by atoms with Crippen molar-refractivity contribution in [1.29, 1.82) is 0 Å². The van der Waals surface area contributed by atoms with Crippen molar-refractivity contribution in [3.63, 3.8) is 0 Å². The molecule has 0 aliphatic rings. The van der Waals surface area contributed by atoms with Crippen LogP contribution in [0.15, 0.2) is 0 Å². The van der Waals surface area contributed by atoms with Crippen molar-refractivity contribution >= 4 is 36.0 Å². The van der Waals surface area contributed by atoms with Gasteiger partial charge in [0.15, 0.2) is 6.61 Å². The van der Waals surface area contributed by atoms with Crippen LogP contribution in [0.5, 0.6) is 0 Å². The molecule has 0 aliphatic carbocycles. The molecule has 0 atom stereocenters. The largest absolute Gasteiger partial charge is 0.453 e. The van der Waals surface area contributed by atoms with Gasteiger partial charge in [-0.25, -0.2) is 0 Å². The summed E-state index contributed by atoms with van der Waals surface area (Å²) in [6, 6.07) is 0. The highest BCUT2D eigenvalue weighted by Crippen LogP contribution is 1.74. The number of nitrogens with one attached hydrogen (secondary N) is 1. The van der Waals surface area contributed by atoms with Gasteiger partial charge in [0.1, 0.15) is 24.1 Å². The number of hydrogen-bond acceptors (Lipinski definition) is 8. The number of esters is 1. The van der Waals surface area contributed by atoms with E-state index in [1.165, 1.54) is 48.5 Å². The van der Waals surface area contributed by atoms with E-state index in [4.69, 9.17) is 22.4 Å². The first kappa shape index (κ1) is 104. The lowest BCUT2D eigenvalue weighted by Gasteiger charge is -1.89. The van der Waals surface area contributed by atoms with Gasteiger partial charge in [-0.05, 0) is 87.9 Å². The maximum atomic E-state index is 10.3. The summed E-state index contributed by atoms with van der Waals surface area (Å²) in [5.41, 5.74) is 0. The Morgan fingerprint density at radius 1 is 0.574 bits per heavy atom. The fraction of sp³-hybridized carbons (Fsp3) is 0.600. The Hall–Kier alpha value is -5.06. The minimum absolute atomic E-state index is 0. The van der Waals surface area contributed by atoms with Gasteiger partial charge in [0.05, 0.1) is 6.42 Å². The summed E-state index contributed by atoms with van der Waals surface area (Å²) in [5.74, 6) is 23.3. The van der Waals surface area contributed by atoms with E-state index >= 15 is 0 Å². The fourth-order valence-electron chi connectivity index (χ4n) is 0.566. The summed E-state index contributed by atoms with van der Waals surface area (Å²) in [4.78, 5) is 57.2. The van der Waals surface area contributed by atoms with Crippen LogP contribution in [0.1, 0.15) is 160 Å². The van der Waals surface area contributed by atoms with Crippen LogP contribution >= 0.6 is 0 Å². The second-order valence-electron chi connectivity index (χ2n) is 5.65. The molecule has 0 unspecified atom stereocenters. The highest BCUT2D eigenvalue weighted by Gasteiger charge is 1.84. The van der Waals surface area contributed by atoms with Crippen LogP contribution in [0.25, 0.3) is 0 Å². The molecule has 0 fully saturated rings. The third kappa shape index (κ3) is 695. The van der Waals surface area contributed by atoms with Crippen LogP contribution in [-0.4, -0.2) is 63.9 Å². The van der Waals surface area contributed by atoms with E-state index in [1.807, 2.05) is 83.1 Å². The van der Waals surface area contributed by atoms with Crippen LogP contribution in [0, 0.1) is 72.1 Å². The predicted octanol–water partition coefficient (Wildman–Crippen LogP) is 9.88. The molecule has 54 heavy (non-hydrogen) atoms. The molecule has 1 amide bonds. The van der Waals surface area contributed by atoms with Crippen LogP contribution in [-0.2, 0) is 38.2 Å². The maximum Gasteiger partial charge on any atom is 0.303 e. The van der Waals surface area contributed by atoms with E-state index in [0.29, 0.717) is 0 Å². The second kappa shape index (κ2) is 184. The third-order valence-electron chi connectivity index (χ3n) is 1.61. The van der Waals surface area contributed by atoms with Crippen LogP contribution in [0.2, 0.25) is 0 Å². The summed E-state index contributed by atoms with van der Waals surface area (Å²) in [7, 11) is 4.85. The number of ketones is 2. The average Bonchev–Trinajstić information content (AvgIpc) is 3.12. The van der Waals surface area contributed by atoms with E-state index < -0.39 is 0 Å². The molecule has 0 rings (SSSR count). The lowest BCUT2D eigenvalue weighted by Crippen LogP contribution is -2.11. The standard InChI is InChI=1S/C9H6O2.C9H6O.C3H7NO.C3H6O.C2H6O.2C2H4O.6C2H6.3CH4/c1-3-4-5-6-7-8-11-9(2)10;1-3-4-5-6-7-8-9(2)10;1-3(5)4-2;1-3(2)4;1-3-2;2*1-2-3;6*1-2;;;/h1H,8H2,2H3;1H,8H2,2H3;1-2H3,(H,4,5);1-2H3;1-2H3;2*2H,1H3;6*1-2H3;3*1H4.